The Balaban J connectivity index is 0.647. The number of nitrogens with one attached hydrogen (secondary N) is 5. The summed E-state index contributed by atoms with van der Waals surface area (Å²) in [7, 11) is 0. The van der Waals surface area contributed by atoms with Crippen LogP contribution in [0.1, 0.15) is 119 Å². The molecule has 0 aliphatic carbocycles. The Morgan fingerprint density at radius 1 is 0.789 bits per heavy atom. The zero-order valence-electron chi connectivity index (χ0n) is 42.0. The highest BCUT2D eigenvalue weighted by Crippen LogP contribution is 2.34. The Bertz CT molecular complexity index is 3140. The lowest BCUT2D eigenvalue weighted by molar-refractivity contribution is -0.136. The van der Waals surface area contributed by atoms with Crippen LogP contribution >= 0.6 is 0 Å². The third kappa shape index (κ3) is 11.9. The second kappa shape index (κ2) is 23.2. The fourth-order valence-electron chi connectivity index (χ4n) is 10.5. The highest BCUT2D eigenvalue weighted by atomic mass is 19.1. The fourth-order valence-corrected chi connectivity index (χ4v) is 10.5. The van der Waals surface area contributed by atoms with Crippen LogP contribution in [0.4, 0.5) is 31.7 Å². The predicted octanol–water partition coefficient (Wildman–Crippen LogP) is 6.96. The molecule has 6 amide bonds. The number of fused-ring (bicyclic) bond motifs is 2. The van der Waals surface area contributed by atoms with Gasteiger partial charge in [0.2, 0.25) is 17.7 Å². The number of carbonyl (C=O) groups is 6. The second-order valence-electron chi connectivity index (χ2n) is 19.9. The number of benzene rings is 4. The molecule has 0 bridgehead atoms. The number of unbranched alkanes of at least 4 members (excludes halogenated alkanes) is 5. The molecular weight excluding hydrogens is 979 g/mol. The van der Waals surface area contributed by atoms with Gasteiger partial charge in [0, 0.05) is 93.3 Å². The lowest BCUT2D eigenvalue weighted by atomic mass is 10.0. The van der Waals surface area contributed by atoms with Crippen LogP contribution in [-0.2, 0) is 38.6 Å². The van der Waals surface area contributed by atoms with Crippen molar-refractivity contribution in [3.63, 3.8) is 0 Å². The van der Waals surface area contributed by atoms with Crippen LogP contribution in [0.15, 0.2) is 79.0 Å². The summed E-state index contributed by atoms with van der Waals surface area (Å²) in [5.41, 5.74) is 5.61. The summed E-state index contributed by atoms with van der Waals surface area (Å²) in [6.45, 7) is 4.74. The number of aryl methyl sites for hydroxylation is 1. The maximum atomic E-state index is 14.0. The highest BCUT2D eigenvalue weighted by Gasteiger charge is 2.45. The minimum absolute atomic E-state index is 0.0483. The van der Waals surface area contributed by atoms with E-state index in [4.69, 9.17) is 4.74 Å². The maximum Gasteiger partial charge on any atom is 0.264 e. The Morgan fingerprint density at radius 3 is 2.36 bits per heavy atom. The number of rotatable bonds is 20. The minimum atomic E-state index is -1.04. The molecule has 4 aliphatic heterocycles. The molecule has 4 aromatic carbocycles. The summed E-state index contributed by atoms with van der Waals surface area (Å²) in [5.74, 6) is -3.33. The van der Waals surface area contributed by atoms with Crippen LogP contribution in [0, 0.1) is 11.6 Å². The van der Waals surface area contributed by atoms with E-state index in [1.165, 1.54) is 12.1 Å². The van der Waals surface area contributed by atoms with Crippen LogP contribution in [-0.4, -0.2) is 122 Å². The number of imide groups is 2. The van der Waals surface area contributed by atoms with Crippen LogP contribution in [0.3, 0.4) is 0 Å². The van der Waals surface area contributed by atoms with Gasteiger partial charge in [0.1, 0.15) is 23.4 Å². The lowest BCUT2D eigenvalue weighted by Crippen LogP contribution is -2.54. The van der Waals surface area contributed by atoms with E-state index in [1.54, 1.807) is 22.9 Å². The van der Waals surface area contributed by atoms with Crippen LogP contribution < -0.4 is 26.2 Å². The van der Waals surface area contributed by atoms with Gasteiger partial charge in [-0.15, -0.1) is 5.10 Å². The second-order valence-corrected chi connectivity index (χ2v) is 19.9. The van der Waals surface area contributed by atoms with E-state index in [2.05, 4.69) is 46.7 Å². The first-order chi connectivity index (χ1) is 36.9. The molecule has 3 saturated heterocycles. The normalized spacial score (nSPS) is 17.1. The summed E-state index contributed by atoms with van der Waals surface area (Å²) >= 11 is 0. The number of hydrogen-bond donors (Lipinski definition) is 5. The quantitative estimate of drug-likeness (QED) is 0.0385. The summed E-state index contributed by atoms with van der Waals surface area (Å²) in [5, 5.41) is 28.6. The van der Waals surface area contributed by atoms with Gasteiger partial charge in [-0.25, -0.2) is 8.78 Å². The van der Waals surface area contributed by atoms with Gasteiger partial charge in [0.15, 0.2) is 5.82 Å². The van der Waals surface area contributed by atoms with Crippen molar-refractivity contribution in [1.29, 1.82) is 0 Å². The van der Waals surface area contributed by atoms with Crippen molar-refractivity contribution in [2.45, 2.75) is 102 Å². The van der Waals surface area contributed by atoms with Gasteiger partial charge in [0.05, 0.1) is 34.9 Å². The Kier molecular flexibility index (Phi) is 15.7. The van der Waals surface area contributed by atoms with E-state index in [1.807, 2.05) is 47.5 Å². The van der Waals surface area contributed by atoms with Gasteiger partial charge < -0.3 is 30.5 Å². The monoisotopic (exact) mass is 1040 g/mol. The van der Waals surface area contributed by atoms with E-state index in [0.717, 1.165) is 73.6 Å². The number of aromatic amines is 1. The Hall–Kier alpha value is -8.07. The summed E-state index contributed by atoms with van der Waals surface area (Å²) in [4.78, 5) is 83.2. The Labute approximate surface area is 437 Å². The number of aromatic nitrogens is 5. The molecule has 0 spiro atoms. The molecule has 396 valence electrons. The van der Waals surface area contributed by atoms with Gasteiger partial charge in [-0.05, 0) is 104 Å². The molecule has 0 saturated carbocycles. The van der Waals surface area contributed by atoms with E-state index in [9.17, 15) is 37.5 Å². The number of carbonyl (C=O) groups excluding carboxylic acids is 6. The summed E-state index contributed by atoms with van der Waals surface area (Å²) < 4.78 is 35.2. The smallest absolute Gasteiger partial charge is 0.264 e. The van der Waals surface area contributed by atoms with Crippen molar-refractivity contribution in [2.75, 3.05) is 60.2 Å². The van der Waals surface area contributed by atoms with Gasteiger partial charge in [-0.2, -0.15) is 5.10 Å². The summed E-state index contributed by atoms with van der Waals surface area (Å²) in [6.07, 6.45) is 10.2. The molecule has 2 aromatic heterocycles. The number of nitrogens with zero attached hydrogens (tertiary/aromatic N) is 7. The number of piperidine rings is 1. The van der Waals surface area contributed by atoms with Crippen LogP contribution in [0.5, 0.6) is 0 Å². The molecule has 4 aliphatic rings. The number of H-pyrrole nitrogens is 1. The molecule has 1 unspecified atom stereocenters. The average Bonchev–Trinajstić information content (AvgIpc) is 4.15. The molecule has 6 heterocycles. The van der Waals surface area contributed by atoms with Crippen molar-refractivity contribution in [2.24, 2.45) is 0 Å². The van der Waals surface area contributed by atoms with Crippen LogP contribution in [0.25, 0.3) is 10.9 Å². The van der Waals surface area contributed by atoms with Crippen molar-refractivity contribution in [1.82, 2.24) is 40.3 Å². The highest BCUT2D eigenvalue weighted by molar-refractivity contribution is 6.25. The van der Waals surface area contributed by atoms with E-state index in [0.29, 0.717) is 104 Å². The molecule has 5 N–H and O–H groups in total. The number of ether oxygens (including phenoxy) is 1. The molecule has 6 aromatic rings. The number of halogens is 2. The van der Waals surface area contributed by atoms with Gasteiger partial charge in [-0.1, -0.05) is 43.0 Å². The maximum absolute atomic E-state index is 14.0. The molecule has 19 nitrogen and oxygen atoms in total. The number of hydrogen-bond acceptors (Lipinski definition) is 13. The van der Waals surface area contributed by atoms with Gasteiger partial charge in [0.25, 0.3) is 17.7 Å². The van der Waals surface area contributed by atoms with E-state index < -0.39 is 41.3 Å². The molecule has 3 fully saturated rings. The first-order valence-electron chi connectivity index (χ1n) is 26.2. The number of anilines is 4. The SMILES string of the molecule is O=C1CCC(N2C(=O)c3cccc(NCc4cn(CCCCCCCCC(=O)N5CCN(c6ccc(C(=O)Nc7n[nH]c8ccc(Cc9cc(F)cc(F)c9)cc78)c(NC7CCOCC7)c6)CC5)nn4)c3C2=O)C(=O)N1. The largest absolute Gasteiger partial charge is 0.381 e. The van der Waals surface area contributed by atoms with Crippen molar-refractivity contribution >= 4 is 69.2 Å². The van der Waals surface area contributed by atoms with Crippen molar-refractivity contribution < 1.29 is 42.3 Å². The topological polar surface area (TPSA) is 229 Å². The van der Waals surface area contributed by atoms with E-state index in [-0.39, 0.29) is 48.4 Å². The van der Waals surface area contributed by atoms with Crippen molar-refractivity contribution in [3.05, 3.63) is 124 Å². The zero-order valence-corrected chi connectivity index (χ0v) is 42.0. The van der Waals surface area contributed by atoms with Crippen LogP contribution in [0.2, 0.25) is 0 Å². The number of amides is 6. The molecule has 21 heteroatoms. The predicted molar refractivity (Wildman–Crippen MR) is 279 cm³/mol. The standard InChI is InChI=1S/C55H60F2N12O7/c56-36-27-35(28-37(57)30-36)26-34-11-14-44-43(29-34)51(64-63-44)61-52(72)41-13-12-40(31-46(41)59-38-17-24-76-25-18-38)66-20-22-67(23-21-66)49(71)10-5-3-1-2-4-6-19-68-33-39(62-65-68)32-58-45-9-7-8-42-50(45)55(75)69(54(42)74)47-15-16-48(70)60-53(47)73/h7-9,11-14,27-31,33,38,47,58-59H,1-6,10,15-26,32H2,(H,60,70,73)(H2,61,63,64,72). The summed E-state index contributed by atoms with van der Waals surface area (Å²) in [6, 6.07) is 18.8. The molecular formula is C55H60F2N12O7. The first-order valence-corrected chi connectivity index (χ1v) is 26.2. The molecule has 10 rings (SSSR count). The van der Waals surface area contributed by atoms with Gasteiger partial charge >= 0.3 is 0 Å². The third-order valence-corrected chi connectivity index (χ3v) is 14.6. The lowest BCUT2D eigenvalue weighted by Gasteiger charge is -2.36. The molecule has 0 radical (unpaired) electrons. The van der Waals surface area contributed by atoms with Crippen molar-refractivity contribution in [3.8, 4) is 0 Å². The average molecular weight is 1040 g/mol. The molecule has 76 heavy (non-hydrogen) atoms. The molecule has 1 atom stereocenters. The van der Waals surface area contributed by atoms with E-state index >= 15 is 0 Å². The number of piperazine rings is 1. The fraction of sp³-hybridized carbons (Fsp3) is 0.400. The minimum Gasteiger partial charge on any atom is -0.381 e. The third-order valence-electron chi connectivity index (χ3n) is 14.6. The Morgan fingerprint density at radius 2 is 1.57 bits per heavy atom. The zero-order chi connectivity index (χ0) is 52.7. The van der Waals surface area contributed by atoms with Gasteiger partial charge in [-0.3, -0.25) is 48.8 Å². The first kappa shape index (κ1) is 51.4.